The third-order valence-corrected chi connectivity index (χ3v) is 6.66. The van der Waals surface area contributed by atoms with Crippen LogP contribution in [-0.2, 0) is 30.5 Å². The Hall–Kier alpha value is -2.14. The summed E-state index contributed by atoms with van der Waals surface area (Å²) in [5.74, 6) is -1.34. The van der Waals surface area contributed by atoms with Crippen molar-refractivity contribution < 1.29 is 35.9 Å². The summed E-state index contributed by atoms with van der Waals surface area (Å²) in [7, 11) is -2.65. The van der Waals surface area contributed by atoms with Crippen molar-refractivity contribution in [3.63, 3.8) is 0 Å². The van der Waals surface area contributed by atoms with Crippen molar-refractivity contribution >= 4 is 21.9 Å². The Morgan fingerprint density at radius 1 is 1.16 bits per heavy atom. The van der Waals surface area contributed by atoms with E-state index in [4.69, 9.17) is 4.74 Å². The molecule has 0 N–H and O–H groups in total. The highest BCUT2D eigenvalue weighted by molar-refractivity contribution is 7.89. The Balaban J connectivity index is 2.00. The molecule has 0 aliphatic carbocycles. The Labute approximate surface area is 180 Å². The van der Waals surface area contributed by atoms with Gasteiger partial charge in [-0.25, -0.2) is 8.42 Å². The highest BCUT2D eigenvalue weighted by Crippen LogP contribution is 2.32. The molecule has 0 radical (unpaired) electrons. The predicted molar refractivity (Wildman–Crippen MR) is 106 cm³/mol. The summed E-state index contributed by atoms with van der Waals surface area (Å²) >= 11 is 0. The third kappa shape index (κ3) is 6.67. The van der Waals surface area contributed by atoms with Crippen LogP contribution >= 0.6 is 0 Å². The van der Waals surface area contributed by atoms with Gasteiger partial charge in [-0.15, -0.1) is 0 Å². The van der Waals surface area contributed by atoms with Gasteiger partial charge >= 0.3 is 12.1 Å². The van der Waals surface area contributed by atoms with Crippen molar-refractivity contribution in [1.29, 1.82) is 0 Å². The summed E-state index contributed by atoms with van der Waals surface area (Å²) in [6.45, 7) is 4.91. The molecule has 1 aliphatic heterocycles. The average Bonchev–Trinajstić information content (AvgIpc) is 2.65. The van der Waals surface area contributed by atoms with Crippen LogP contribution in [0.5, 0.6) is 0 Å². The van der Waals surface area contributed by atoms with Crippen molar-refractivity contribution in [2.24, 2.45) is 5.92 Å². The minimum absolute atomic E-state index is 0.00470. The number of likely N-dealkylation sites (N-methyl/N-ethyl adjacent to an activating group) is 1. The maximum Gasteiger partial charge on any atom is 0.416 e. The van der Waals surface area contributed by atoms with Crippen LogP contribution < -0.4 is 0 Å². The number of benzene rings is 1. The van der Waals surface area contributed by atoms with E-state index >= 15 is 0 Å². The van der Waals surface area contributed by atoms with E-state index in [9.17, 15) is 31.2 Å². The normalized spacial score (nSPS) is 16.7. The first-order valence-electron chi connectivity index (χ1n) is 9.75. The van der Waals surface area contributed by atoms with Gasteiger partial charge in [0.2, 0.25) is 15.9 Å². The molecule has 1 saturated heterocycles. The Bertz CT molecular complexity index is 917. The molecular weight excluding hydrogens is 437 g/mol. The van der Waals surface area contributed by atoms with Gasteiger partial charge in [0.05, 0.1) is 10.5 Å². The van der Waals surface area contributed by atoms with Crippen molar-refractivity contribution in [2.45, 2.75) is 50.3 Å². The number of sulfonamides is 1. The van der Waals surface area contributed by atoms with Gasteiger partial charge in [-0.2, -0.15) is 17.5 Å². The van der Waals surface area contributed by atoms with Crippen molar-refractivity contribution in [1.82, 2.24) is 9.21 Å². The second kappa shape index (κ2) is 9.15. The molecule has 1 amide bonds. The van der Waals surface area contributed by atoms with Gasteiger partial charge < -0.3 is 9.64 Å². The zero-order valence-corrected chi connectivity index (χ0v) is 18.7. The fourth-order valence-corrected chi connectivity index (χ4v) is 4.80. The lowest BCUT2D eigenvalue weighted by molar-refractivity contribution is -0.159. The second-order valence-electron chi connectivity index (χ2n) is 8.48. The number of esters is 1. The van der Waals surface area contributed by atoms with Crippen molar-refractivity contribution in [3.05, 3.63) is 29.8 Å². The van der Waals surface area contributed by atoms with Gasteiger partial charge in [0.25, 0.3) is 0 Å². The van der Waals surface area contributed by atoms with Crippen LogP contribution in [0.25, 0.3) is 0 Å². The fraction of sp³-hybridized carbons (Fsp3) is 0.600. The smallest absolute Gasteiger partial charge is 0.416 e. The number of alkyl halides is 3. The van der Waals surface area contributed by atoms with Crippen LogP contribution in [0.4, 0.5) is 13.2 Å². The molecule has 0 unspecified atom stereocenters. The standard InChI is InChI=1S/C20H27F3N2O5S/c1-19(2,3)30-17(26)13-24(4)18(27)14-8-10-25(11-9-14)31(28,29)16-7-5-6-15(12-16)20(21,22)23/h5-7,12,14H,8-11,13H2,1-4H3. The Kier molecular flexibility index (Phi) is 7.42. The van der Waals surface area contributed by atoms with E-state index in [0.29, 0.717) is 6.07 Å². The van der Waals surface area contributed by atoms with Crippen LogP contribution in [0.3, 0.4) is 0 Å². The molecule has 1 heterocycles. The molecule has 0 atom stereocenters. The van der Waals surface area contributed by atoms with Crippen LogP contribution in [0.1, 0.15) is 39.2 Å². The minimum Gasteiger partial charge on any atom is -0.459 e. The first-order valence-corrected chi connectivity index (χ1v) is 11.2. The Morgan fingerprint density at radius 2 is 1.74 bits per heavy atom. The molecule has 7 nitrogen and oxygen atoms in total. The molecule has 11 heteroatoms. The molecule has 0 aromatic heterocycles. The molecule has 0 saturated carbocycles. The lowest BCUT2D eigenvalue weighted by Gasteiger charge is -2.32. The number of rotatable bonds is 5. The highest BCUT2D eigenvalue weighted by atomic mass is 32.2. The summed E-state index contributed by atoms with van der Waals surface area (Å²) in [4.78, 5) is 25.3. The largest absolute Gasteiger partial charge is 0.459 e. The molecule has 0 spiro atoms. The number of carbonyl (C=O) groups is 2. The van der Waals surface area contributed by atoms with Crippen LogP contribution in [0.2, 0.25) is 0 Å². The van der Waals surface area contributed by atoms with E-state index in [1.54, 1.807) is 20.8 Å². The molecular formula is C20H27F3N2O5S. The number of nitrogens with zero attached hydrogens (tertiary/aromatic N) is 2. The average molecular weight is 465 g/mol. The van der Waals surface area contributed by atoms with E-state index < -0.39 is 44.1 Å². The lowest BCUT2D eigenvalue weighted by atomic mass is 9.97. The summed E-state index contributed by atoms with van der Waals surface area (Å²) < 4.78 is 70.5. The van der Waals surface area contributed by atoms with E-state index in [1.165, 1.54) is 11.9 Å². The zero-order chi connectivity index (χ0) is 23.6. The molecule has 2 rings (SSSR count). The van der Waals surface area contributed by atoms with E-state index in [0.717, 1.165) is 22.5 Å². The number of amides is 1. The molecule has 0 bridgehead atoms. The first-order chi connectivity index (χ1) is 14.1. The summed E-state index contributed by atoms with van der Waals surface area (Å²) in [5, 5.41) is 0. The monoisotopic (exact) mass is 464 g/mol. The number of piperidine rings is 1. The number of hydrogen-bond acceptors (Lipinski definition) is 5. The van der Waals surface area contributed by atoms with Crippen LogP contribution in [0.15, 0.2) is 29.2 Å². The summed E-state index contributed by atoms with van der Waals surface area (Å²) in [5.41, 5.74) is -1.72. The first kappa shape index (κ1) is 25.1. The molecule has 1 aromatic rings. The summed E-state index contributed by atoms with van der Waals surface area (Å²) in [6, 6.07) is 3.60. The van der Waals surface area contributed by atoms with E-state index in [2.05, 4.69) is 0 Å². The van der Waals surface area contributed by atoms with Crippen LogP contribution in [0, 0.1) is 5.92 Å². The molecule has 174 valence electrons. The number of carbonyl (C=O) groups excluding carboxylic acids is 2. The molecule has 31 heavy (non-hydrogen) atoms. The van der Waals surface area contributed by atoms with Crippen LogP contribution in [-0.4, -0.2) is 61.8 Å². The van der Waals surface area contributed by atoms with Gasteiger partial charge in [-0.1, -0.05) is 6.07 Å². The number of hydrogen-bond donors (Lipinski definition) is 0. The molecule has 1 aliphatic rings. The van der Waals surface area contributed by atoms with E-state index in [-0.39, 0.29) is 38.4 Å². The van der Waals surface area contributed by atoms with Crippen molar-refractivity contribution in [2.75, 3.05) is 26.7 Å². The van der Waals surface area contributed by atoms with Gasteiger partial charge in [-0.05, 0) is 51.8 Å². The maximum atomic E-state index is 12.9. The number of ether oxygens (including phenoxy) is 1. The van der Waals surface area contributed by atoms with Gasteiger partial charge in [0.1, 0.15) is 12.1 Å². The van der Waals surface area contributed by atoms with Crippen molar-refractivity contribution in [3.8, 4) is 0 Å². The van der Waals surface area contributed by atoms with E-state index in [1.807, 2.05) is 0 Å². The minimum atomic E-state index is -4.65. The highest BCUT2D eigenvalue weighted by Gasteiger charge is 2.36. The fourth-order valence-electron chi connectivity index (χ4n) is 3.28. The maximum absolute atomic E-state index is 12.9. The third-order valence-electron chi connectivity index (χ3n) is 4.76. The van der Waals surface area contributed by atoms with Gasteiger partial charge in [-0.3, -0.25) is 9.59 Å². The number of halogens is 3. The van der Waals surface area contributed by atoms with Gasteiger partial charge in [0, 0.05) is 26.1 Å². The summed E-state index contributed by atoms with van der Waals surface area (Å²) in [6.07, 6.45) is -4.24. The molecule has 1 aromatic carbocycles. The SMILES string of the molecule is CN(CC(=O)OC(C)(C)C)C(=O)C1CCN(S(=O)(=O)c2cccc(C(F)(F)F)c2)CC1. The zero-order valence-electron chi connectivity index (χ0n) is 17.9. The Morgan fingerprint density at radius 3 is 2.26 bits per heavy atom. The van der Waals surface area contributed by atoms with Gasteiger partial charge in [0.15, 0.2) is 0 Å². The quantitative estimate of drug-likeness (QED) is 0.626. The topological polar surface area (TPSA) is 84.0 Å². The molecule has 1 fully saturated rings. The second-order valence-corrected chi connectivity index (χ2v) is 10.4. The predicted octanol–water partition coefficient (Wildman–Crippen LogP) is 2.91. The lowest BCUT2D eigenvalue weighted by Crippen LogP contribution is -2.45.